The van der Waals surface area contributed by atoms with Gasteiger partial charge in [0.1, 0.15) is 17.3 Å². The average Bonchev–Trinajstić information content (AvgIpc) is 2.37. The summed E-state index contributed by atoms with van der Waals surface area (Å²) in [7, 11) is 0. The number of anilines is 2. The van der Waals surface area contributed by atoms with E-state index in [1.54, 1.807) is 0 Å². The number of hydrogen-bond acceptors (Lipinski definition) is 3. The van der Waals surface area contributed by atoms with E-state index in [0.717, 1.165) is 18.2 Å². The Labute approximate surface area is 125 Å². The van der Waals surface area contributed by atoms with E-state index >= 15 is 0 Å². The van der Waals surface area contributed by atoms with E-state index in [-0.39, 0.29) is 20.9 Å². The molecular formula is C12H6BrClF2N2O2. The van der Waals surface area contributed by atoms with Gasteiger partial charge in [0.15, 0.2) is 0 Å². The summed E-state index contributed by atoms with van der Waals surface area (Å²) in [6.07, 6.45) is 0. The van der Waals surface area contributed by atoms with E-state index in [1.807, 2.05) is 0 Å². The topological polar surface area (TPSA) is 55.2 Å². The van der Waals surface area contributed by atoms with E-state index in [2.05, 4.69) is 21.2 Å². The second kappa shape index (κ2) is 5.72. The summed E-state index contributed by atoms with van der Waals surface area (Å²) in [5.74, 6) is -1.28. The molecule has 0 bridgehead atoms. The van der Waals surface area contributed by atoms with Crippen LogP contribution in [0.1, 0.15) is 0 Å². The van der Waals surface area contributed by atoms with E-state index in [9.17, 15) is 18.9 Å². The molecule has 0 amide bonds. The van der Waals surface area contributed by atoms with E-state index in [4.69, 9.17) is 11.6 Å². The third-order valence-corrected chi connectivity index (χ3v) is 3.33. The molecular weight excluding hydrogens is 357 g/mol. The minimum absolute atomic E-state index is 0.0214. The highest BCUT2D eigenvalue weighted by atomic mass is 79.9. The fraction of sp³-hybridized carbons (Fsp3) is 0. The largest absolute Gasteiger partial charge is 0.350 e. The number of nitro benzene ring substituents is 1. The van der Waals surface area contributed by atoms with Gasteiger partial charge in [0.05, 0.1) is 14.4 Å². The summed E-state index contributed by atoms with van der Waals surface area (Å²) in [5.41, 5.74) is -0.0710. The molecule has 104 valence electrons. The van der Waals surface area contributed by atoms with Crippen LogP contribution in [0.3, 0.4) is 0 Å². The summed E-state index contributed by atoms with van der Waals surface area (Å²) in [6, 6.07) is 5.71. The van der Waals surface area contributed by atoms with Gasteiger partial charge >= 0.3 is 0 Å². The Morgan fingerprint density at radius 3 is 2.50 bits per heavy atom. The zero-order valence-corrected chi connectivity index (χ0v) is 12.0. The van der Waals surface area contributed by atoms with Crippen molar-refractivity contribution in [2.75, 3.05) is 5.32 Å². The number of halogens is 4. The van der Waals surface area contributed by atoms with Gasteiger partial charge in [-0.3, -0.25) is 10.1 Å². The highest BCUT2D eigenvalue weighted by Gasteiger charge is 2.18. The van der Waals surface area contributed by atoms with Crippen molar-refractivity contribution in [3.8, 4) is 0 Å². The first-order valence-electron chi connectivity index (χ1n) is 5.24. The Bertz CT molecular complexity index is 697. The summed E-state index contributed by atoms with van der Waals surface area (Å²) < 4.78 is 26.5. The van der Waals surface area contributed by atoms with Crippen molar-refractivity contribution in [1.29, 1.82) is 0 Å². The fourth-order valence-electron chi connectivity index (χ4n) is 1.52. The Balaban J connectivity index is 2.44. The van der Waals surface area contributed by atoms with E-state index in [0.29, 0.717) is 5.69 Å². The predicted molar refractivity (Wildman–Crippen MR) is 75.4 cm³/mol. The van der Waals surface area contributed by atoms with E-state index in [1.165, 1.54) is 12.1 Å². The van der Waals surface area contributed by atoms with Crippen molar-refractivity contribution < 1.29 is 13.7 Å². The molecule has 8 heteroatoms. The molecule has 20 heavy (non-hydrogen) atoms. The van der Waals surface area contributed by atoms with Gasteiger partial charge in [-0.05, 0) is 34.1 Å². The van der Waals surface area contributed by atoms with Crippen LogP contribution in [0, 0.1) is 21.7 Å². The van der Waals surface area contributed by atoms with Crippen LogP contribution in [0.2, 0.25) is 5.02 Å². The lowest BCUT2D eigenvalue weighted by Gasteiger charge is -2.08. The molecule has 0 saturated heterocycles. The smallest absolute Gasteiger partial charge is 0.294 e. The maximum absolute atomic E-state index is 13.5. The molecule has 2 aromatic rings. The van der Waals surface area contributed by atoms with Gasteiger partial charge in [-0.15, -0.1) is 0 Å². The summed E-state index contributed by atoms with van der Waals surface area (Å²) in [5, 5.41) is 13.4. The van der Waals surface area contributed by atoms with Crippen LogP contribution in [-0.4, -0.2) is 4.92 Å². The maximum atomic E-state index is 13.5. The molecule has 0 aromatic heterocycles. The number of nitro groups is 1. The van der Waals surface area contributed by atoms with Gasteiger partial charge in [-0.2, -0.15) is 0 Å². The Morgan fingerprint density at radius 1 is 1.20 bits per heavy atom. The number of hydrogen-bond donors (Lipinski definition) is 1. The van der Waals surface area contributed by atoms with Crippen LogP contribution in [-0.2, 0) is 0 Å². The Kier molecular flexibility index (Phi) is 4.20. The first-order valence-corrected chi connectivity index (χ1v) is 6.41. The molecule has 0 aliphatic heterocycles. The Hall–Kier alpha value is -1.73. The van der Waals surface area contributed by atoms with Crippen molar-refractivity contribution in [1.82, 2.24) is 0 Å². The van der Waals surface area contributed by atoms with Gasteiger partial charge in [-0.1, -0.05) is 11.6 Å². The van der Waals surface area contributed by atoms with Gasteiger partial charge in [-0.25, -0.2) is 8.78 Å². The minimum Gasteiger partial charge on any atom is -0.350 e. The molecule has 2 rings (SSSR count). The lowest BCUT2D eigenvalue weighted by molar-refractivity contribution is -0.384. The van der Waals surface area contributed by atoms with Crippen molar-refractivity contribution in [3.63, 3.8) is 0 Å². The second-order valence-electron chi connectivity index (χ2n) is 3.79. The summed E-state index contributed by atoms with van der Waals surface area (Å²) in [4.78, 5) is 10.3. The zero-order chi connectivity index (χ0) is 14.9. The standard InChI is InChI=1S/C12H6BrClF2N2O2/c13-7-4-12(18(19)20)11(5-10(7)16)17-6-1-2-9(15)8(14)3-6/h1-5,17H. The van der Waals surface area contributed by atoms with Crippen LogP contribution in [0.4, 0.5) is 25.8 Å². The molecule has 0 aliphatic carbocycles. The number of rotatable bonds is 3. The highest BCUT2D eigenvalue weighted by Crippen LogP contribution is 2.33. The Morgan fingerprint density at radius 2 is 1.90 bits per heavy atom. The fourth-order valence-corrected chi connectivity index (χ4v) is 2.03. The van der Waals surface area contributed by atoms with Crippen molar-refractivity contribution >= 4 is 44.6 Å². The molecule has 0 fully saturated rings. The zero-order valence-electron chi connectivity index (χ0n) is 9.66. The average molecular weight is 364 g/mol. The number of nitrogens with zero attached hydrogens (tertiary/aromatic N) is 1. The van der Waals surface area contributed by atoms with Crippen LogP contribution in [0.25, 0.3) is 0 Å². The third kappa shape index (κ3) is 3.05. The number of nitrogens with one attached hydrogen (secondary N) is 1. The van der Waals surface area contributed by atoms with Crippen LogP contribution in [0.15, 0.2) is 34.8 Å². The molecule has 0 saturated carbocycles. The lowest BCUT2D eigenvalue weighted by atomic mass is 10.2. The summed E-state index contributed by atoms with van der Waals surface area (Å²) in [6.45, 7) is 0. The first kappa shape index (κ1) is 14.7. The minimum atomic E-state index is -0.661. The second-order valence-corrected chi connectivity index (χ2v) is 5.06. The lowest BCUT2D eigenvalue weighted by Crippen LogP contribution is -1.98. The molecule has 2 aromatic carbocycles. The van der Waals surface area contributed by atoms with Crippen molar-refractivity contribution in [3.05, 3.63) is 61.6 Å². The molecule has 0 atom stereocenters. The maximum Gasteiger partial charge on any atom is 0.294 e. The van der Waals surface area contributed by atoms with Gasteiger partial charge in [0, 0.05) is 17.8 Å². The summed E-state index contributed by atoms with van der Waals surface area (Å²) >= 11 is 8.49. The number of benzene rings is 2. The molecule has 0 spiro atoms. The molecule has 0 unspecified atom stereocenters. The van der Waals surface area contributed by atoms with Crippen molar-refractivity contribution in [2.24, 2.45) is 0 Å². The third-order valence-electron chi connectivity index (χ3n) is 2.43. The van der Waals surface area contributed by atoms with E-state index < -0.39 is 16.6 Å². The first-order chi connectivity index (χ1) is 9.38. The van der Waals surface area contributed by atoms with Gasteiger partial charge in [0.2, 0.25) is 0 Å². The molecule has 0 heterocycles. The monoisotopic (exact) mass is 362 g/mol. The van der Waals surface area contributed by atoms with Gasteiger partial charge < -0.3 is 5.32 Å². The van der Waals surface area contributed by atoms with Crippen LogP contribution < -0.4 is 5.32 Å². The molecule has 0 aliphatic rings. The van der Waals surface area contributed by atoms with Crippen molar-refractivity contribution in [2.45, 2.75) is 0 Å². The highest BCUT2D eigenvalue weighted by molar-refractivity contribution is 9.10. The molecule has 4 nitrogen and oxygen atoms in total. The van der Waals surface area contributed by atoms with Gasteiger partial charge in [0.25, 0.3) is 5.69 Å². The van der Waals surface area contributed by atoms with Crippen LogP contribution >= 0.6 is 27.5 Å². The molecule has 1 N–H and O–H groups in total. The SMILES string of the molecule is O=[N+]([O-])c1cc(Br)c(F)cc1Nc1ccc(F)c(Cl)c1. The molecule has 0 radical (unpaired) electrons. The predicted octanol–water partition coefficient (Wildman–Crippen LogP) is 5.03. The quantitative estimate of drug-likeness (QED) is 0.614. The van der Waals surface area contributed by atoms with Crippen LogP contribution in [0.5, 0.6) is 0 Å². The normalized spacial score (nSPS) is 10.4.